The fraction of sp³-hybridized carbons (Fsp3) is 0.125. The van der Waals surface area contributed by atoms with E-state index in [9.17, 15) is 8.78 Å². The summed E-state index contributed by atoms with van der Waals surface area (Å²) in [5, 5.41) is 0. The van der Waals surface area contributed by atoms with E-state index in [2.05, 4.69) is 0 Å². The van der Waals surface area contributed by atoms with Gasteiger partial charge in [0.25, 0.3) is 0 Å². The van der Waals surface area contributed by atoms with Gasteiger partial charge in [0.05, 0.1) is 0 Å². The van der Waals surface area contributed by atoms with Crippen LogP contribution in [0.4, 0.5) is 8.78 Å². The molecule has 0 N–H and O–H groups in total. The lowest BCUT2D eigenvalue weighted by molar-refractivity contribution is 0.627. The van der Waals surface area contributed by atoms with Gasteiger partial charge in [-0.05, 0) is 60.4 Å². The number of allylic oxidation sites excluding steroid dienone is 2. The molecule has 0 aliphatic rings. The van der Waals surface area contributed by atoms with Crippen molar-refractivity contribution in [3.05, 3.63) is 71.3 Å². The van der Waals surface area contributed by atoms with E-state index in [0.717, 1.165) is 22.3 Å². The van der Waals surface area contributed by atoms with E-state index < -0.39 is 0 Å². The van der Waals surface area contributed by atoms with Crippen LogP contribution in [0.1, 0.15) is 25.0 Å². The Labute approximate surface area is 106 Å². The van der Waals surface area contributed by atoms with Gasteiger partial charge in [0, 0.05) is 0 Å². The number of benzene rings is 2. The van der Waals surface area contributed by atoms with Gasteiger partial charge < -0.3 is 0 Å². The van der Waals surface area contributed by atoms with Gasteiger partial charge in [0.15, 0.2) is 0 Å². The first-order valence-corrected chi connectivity index (χ1v) is 5.77. The Morgan fingerprint density at radius 2 is 0.889 bits per heavy atom. The van der Waals surface area contributed by atoms with E-state index in [1.54, 1.807) is 24.3 Å². The highest BCUT2D eigenvalue weighted by Gasteiger charge is 2.03. The van der Waals surface area contributed by atoms with Crippen LogP contribution in [-0.2, 0) is 0 Å². The Morgan fingerprint density at radius 1 is 0.611 bits per heavy atom. The fourth-order valence-corrected chi connectivity index (χ4v) is 1.83. The van der Waals surface area contributed by atoms with E-state index >= 15 is 0 Å². The molecule has 0 saturated heterocycles. The third-order valence-corrected chi connectivity index (χ3v) is 3.12. The Hall–Kier alpha value is -1.96. The van der Waals surface area contributed by atoms with Crippen LogP contribution in [0, 0.1) is 11.6 Å². The standard InChI is InChI=1S/C16H14F2/c1-11(13-3-7-15(17)8-4-13)12(2)14-5-9-16(18)10-6-14/h3-10H,1-2H3. The summed E-state index contributed by atoms with van der Waals surface area (Å²) in [6.07, 6.45) is 0. The van der Waals surface area contributed by atoms with Crippen LogP contribution < -0.4 is 0 Å². The molecule has 92 valence electrons. The van der Waals surface area contributed by atoms with Crippen LogP contribution in [0.2, 0.25) is 0 Å². The molecular formula is C16H14F2. The van der Waals surface area contributed by atoms with Gasteiger partial charge >= 0.3 is 0 Å². The molecule has 0 heterocycles. The first-order chi connectivity index (χ1) is 8.58. The molecule has 0 fully saturated rings. The van der Waals surface area contributed by atoms with Crippen LogP contribution >= 0.6 is 0 Å². The number of hydrogen-bond donors (Lipinski definition) is 0. The summed E-state index contributed by atoms with van der Waals surface area (Å²) in [7, 11) is 0. The highest BCUT2D eigenvalue weighted by Crippen LogP contribution is 2.25. The van der Waals surface area contributed by atoms with Gasteiger partial charge in [-0.15, -0.1) is 0 Å². The minimum absolute atomic E-state index is 0.244. The highest BCUT2D eigenvalue weighted by atomic mass is 19.1. The van der Waals surface area contributed by atoms with Gasteiger partial charge in [-0.1, -0.05) is 24.3 Å². The maximum absolute atomic E-state index is 12.9. The first kappa shape index (κ1) is 12.5. The summed E-state index contributed by atoms with van der Waals surface area (Å²) in [5.74, 6) is -0.489. The molecular weight excluding hydrogens is 230 g/mol. The van der Waals surface area contributed by atoms with Gasteiger partial charge in [-0.2, -0.15) is 0 Å². The molecule has 2 aromatic carbocycles. The predicted octanol–water partition coefficient (Wildman–Crippen LogP) is 4.92. The minimum Gasteiger partial charge on any atom is -0.207 e. The van der Waals surface area contributed by atoms with Crippen molar-refractivity contribution >= 4 is 11.1 Å². The van der Waals surface area contributed by atoms with Crippen molar-refractivity contribution in [1.29, 1.82) is 0 Å². The molecule has 2 rings (SSSR count). The van der Waals surface area contributed by atoms with Crippen molar-refractivity contribution in [3.63, 3.8) is 0 Å². The zero-order valence-electron chi connectivity index (χ0n) is 10.4. The molecule has 0 unspecified atom stereocenters. The van der Waals surface area contributed by atoms with Gasteiger partial charge in [0.1, 0.15) is 11.6 Å². The van der Waals surface area contributed by atoms with E-state index in [-0.39, 0.29) is 11.6 Å². The molecule has 2 aromatic rings. The fourth-order valence-electron chi connectivity index (χ4n) is 1.83. The second-order valence-electron chi connectivity index (χ2n) is 4.26. The number of halogens is 2. The zero-order chi connectivity index (χ0) is 13.1. The lowest BCUT2D eigenvalue weighted by atomic mass is 9.97. The van der Waals surface area contributed by atoms with E-state index in [0.29, 0.717) is 0 Å². The minimum atomic E-state index is -0.244. The van der Waals surface area contributed by atoms with Crippen LogP contribution in [0.3, 0.4) is 0 Å². The quantitative estimate of drug-likeness (QED) is 0.658. The van der Waals surface area contributed by atoms with Gasteiger partial charge in [-0.25, -0.2) is 8.78 Å². The summed E-state index contributed by atoms with van der Waals surface area (Å²) < 4.78 is 25.7. The van der Waals surface area contributed by atoms with Gasteiger partial charge in [-0.3, -0.25) is 0 Å². The zero-order valence-corrected chi connectivity index (χ0v) is 10.4. The van der Waals surface area contributed by atoms with E-state index in [4.69, 9.17) is 0 Å². The molecule has 0 nitrogen and oxygen atoms in total. The molecule has 2 heteroatoms. The van der Waals surface area contributed by atoms with Crippen molar-refractivity contribution in [2.75, 3.05) is 0 Å². The van der Waals surface area contributed by atoms with Crippen molar-refractivity contribution in [3.8, 4) is 0 Å². The summed E-state index contributed by atoms with van der Waals surface area (Å²) in [5.41, 5.74) is 4.06. The predicted molar refractivity (Wildman–Crippen MR) is 71.0 cm³/mol. The molecule has 18 heavy (non-hydrogen) atoms. The molecule has 0 aliphatic heterocycles. The maximum Gasteiger partial charge on any atom is 0.123 e. The van der Waals surface area contributed by atoms with Crippen molar-refractivity contribution < 1.29 is 8.78 Å². The molecule has 0 atom stereocenters. The van der Waals surface area contributed by atoms with Crippen LogP contribution in [0.25, 0.3) is 11.1 Å². The smallest absolute Gasteiger partial charge is 0.123 e. The molecule has 0 radical (unpaired) electrons. The SMILES string of the molecule is CC(=C(C)c1ccc(F)cc1)c1ccc(F)cc1. The van der Waals surface area contributed by atoms with Crippen molar-refractivity contribution in [1.82, 2.24) is 0 Å². The largest absolute Gasteiger partial charge is 0.207 e. The second kappa shape index (κ2) is 5.13. The number of rotatable bonds is 2. The third-order valence-electron chi connectivity index (χ3n) is 3.12. The molecule has 0 amide bonds. The molecule has 0 aliphatic carbocycles. The molecule has 0 spiro atoms. The van der Waals surface area contributed by atoms with Crippen LogP contribution in [0.5, 0.6) is 0 Å². The Kier molecular flexibility index (Phi) is 3.56. The lowest BCUT2D eigenvalue weighted by Gasteiger charge is -2.08. The summed E-state index contributed by atoms with van der Waals surface area (Å²) in [4.78, 5) is 0. The monoisotopic (exact) mass is 244 g/mol. The Morgan fingerprint density at radius 3 is 1.17 bits per heavy atom. The maximum atomic E-state index is 12.9. The normalized spacial score (nSPS) is 12.2. The van der Waals surface area contributed by atoms with Crippen molar-refractivity contribution in [2.24, 2.45) is 0 Å². The lowest BCUT2D eigenvalue weighted by Crippen LogP contribution is -1.87. The Balaban J connectivity index is 2.40. The molecule has 0 bridgehead atoms. The van der Waals surface area contributed by atoms with E-state index in [1.807, 2.05) is 13.8 Å². The average molecular weight is 244 g/mol. The third kappa shape index (κ3) is 2.65. The number of hydrogen-bond acceptors (Lipinski definition) is 0. The summed E-state index contributed by atoms with van der Waals surface area (Å²) >= 11 is 0. The summed E-state index contributed by atoms with van der Waals surface area (Å²) in [6, 6.07) is 12.8. The van der Waals surface area contributed by atoms with Gasteiger partial charge in [0.2, 0.25) is 0 Å². The van der Waals surface area contributed by atoms with Crippen molar-refractivity contribution in [2.45, 2.75) is 13.8 Å². The van der Waals surface area contributed by atoms with Crippen LogP contribution in [0.15, 0.2) is 48.5 Å². The Bertz CT molecular complexity index is 510. The first-order valence-electron chi connectivity index (χ1n) is 5.77. The summed E-state index contributed by atoms with van der Waals surface area (Å²) in [6.45, 7) is 3.96. The molecule has 0 aromatic heterocycles. The topological polar surface area (TPSA) is 0 Å². The second-order valence-corrected chi connectivity index (χ2v) is 4.26. The van der Waals surface area contributed by atoms with Crippen LogP contribution in [-0.4, -0.2) is 0 Å². The average Bonchev–Trinajstić information content (AvgIpc) is 2.39. The molecule has 0 saturated carbocycles. The highest BCUT2D eigenvalue weighted by molar-refractivity contribution is 5.88. The van der Waals surface area contributed by atoms with E-state index in [1.165, 1.54) is 24.3 Å².